The summed E-state index contributed by atoms with van der Waals surface area (Å²) in [5.41, 5.74) is 3.76. The average molecular weight is 434 g/mol. The number of rotatable bonds is 6. The van der Waals surface area contributed by atoms with Crippen LogP contribution >= 0.6 is 11.8 Å². The van der Waals surface area contributed by atoms with Crippen LogP contribution in [0, 0.1) is 6.92 Å². The molecule has 1 aliphatic heterocycles. The number of amides is 1. The van der Waals surface area contributed by atoms with Crippen molar-refractivity contribution in [3.05, 3.63) is 54.1 Å². The minimum Gasteiger partial charge on any atom is -0.376 e. The molecule has 3 heterocycles. The monoisotopic (exact) mass is 433 g/mol. The zero-order valence-corrected chi connectivity index (χ0v) is 18.1. The normalized spacial score (nSPS) is 16.2. The lowest BCUT2D eigenvalue weighted by molar-refractivity contribution is -0.119. The first-order chi connectivity index (χ1) is 15.2. The van der Waals surface area contributed by atoms with E-state index in [1.165, 1.54) is 17.3 Å². The van der Waals surface area contributed by atoms with E-state index >= 15 is 0 Å². The summed E-state index contributed by atoms with van der Waals surface area (Å²) in [7, 11) is 0. The lowest BCUT2D eigenvalue weighted by Crippen LogP contribution is -2.32. The van der Waals surface area contributed by atoms with Crippen molar-refractivity contribution in [2.45, 2.75) is 31.0 Å². The Hall–Kier alpha value is -2.97. The van der Waals surface area contributed by atoms with Gasteiger partial charge in [-0.25, -0.2) is 4.98 Å². The number of benzene rings is 2. The van der Waals surface area contributed by atoms with Gasteiger partial charge in [-0.2, -0.15) is 0 Å². The van der Waals surface area contributed by atoms with Gasteiger partial charge in [-0.3, -0.25) is 9.20 Å². The fraction of sp³-hybridized carbons (Fsp3) is 0.304. The molecule has 1 amide bonds. The molecular formula is C23H23N5O2S. The Bertz CT molecular complexity index is 1230. The van der Waals surface area contributed by atoms with Gasteiger partial charge in [-0.1, -0.05) is 53.7 Å². The molecule has 0 saturated carbocycles. The molecule has 4 aromatic rings. The Morgan fingerprint density at radius 2 is 2.03 bits per heavy atom. The Kier molecular flexibility index (Phi) is 5.57. The zero-order valence-electron chi connectivity index (χ0n) is 17.2. The summed E-state index contributed by atoms with van der Waals surface area (Å²) in [6.45, 7) is 3.40. The van der Waals surface area contributed by atoms with Crippen LogP contribution in [0.2, 0.25) is 0 Å². The molecule has 0 radical (unpaired) electrons. The number of nitrogens with one attached hydrogen (secondary N) is 1. The second kappa shape index (κ2) is 8.64. The number of nitrogens with zero attached hydrogens (tertiary/aromatic N) is 4. The summed E-state index contributed by atoms with van der Waals surface area (Å²) in [6, 6.07) is 16.1. The molecule has 1 aliphatic rings. The molecule has 1 unspecified atom stereocenters. The number of hydrogen-bond donors (Lipinski definition) is 1. The molecule has 5 rings (SSSR count). The van der Waals surface area contributed by atoms with Crippen molar-refractivity contribution < 1.29 is 9.53 Å². The molecule has 0 bridgehead atoms. The van der Waals surface area contributed by atoms with E-state index in [2.05, 4.69) is 46.7 Å². The second-order valence-electron chi connectivity index (χ2n) is 7.69. The van der Waals surface area contributed by atoms with Crippen LogP contribution in [0.4, 0.5) is 0 Å². The van der Waals surface area contributed by atoms with Gasteiger partial charge >= 0.3 is 0 Å². The number of aryl methyl sites for hydroxylation is 1. The molecule has 1 atom stereocenters. The zero-order chi connectivity index (χ0) is 21.2. The highest BCUT2D eigenvalue weighted by atomic mass is 32.2. The number of fused-ring (bicyclic) bond motifs is 3. The molecule has 1 N–H and O–H groups in total. The van der Waals surface area contributed by atoms with E-state index in [-0.39, 0.29) is 17.8 Å². The van der Waals surface area contributed by atoms with Gasteiger partial charge in [0.1, 0.15) is 5.82 Å². The van der Waals surface area contributed by atoms with Crippen LogP contribution in [0.25, 0.3) is 27.9 Å². The van der Waals surface area contributed by atoms with Gasteiger partial charge in [0.15, 0.2) is 10.8 Å². The molecular weight excluding hydrogens is 410 g/mol. The molecule has 158 valence electrons. The lowest BCUT2D eigenvalue weighted by atomic mass is 10.1. The molecule has 1 saturated heterocycles. The van der Waals surface area contributed by atoms with Crippen molar-refractivity contribution in [2.75, 3.05) is 18.9 Å². The Morgan fingerprint density at radius 1 is 1.19 bits per heavy atom. The molecule has 0 spiro atoms. The maximum atomic E-state index is 12.4. The van der Waals surface area contributed by atoms with Gasteiger partial charge in [0.2, 0.25) is 5.91 Å². The number of aromatic nitrogens is 4. The van der Waals surface area contributed by atoms with Crippen LogP contribution in [0.15, 0.2) is 53.7 Å². The van der Waals surface area contributed by atoms with Crippen LogP contribution < -0.4 is 5.32 Å². The number of hydrogen-bond acceptors (Lipinski definition) is 6. The number of thioether (sulfide) groups is 1. The summed E-state index contributed by atoms with van der Waals surface area (Å²) in [5, 5.41) is 13.4. The summed E-state index contributed by atoms with van der Waals surface area (Å²) in [6.07, 6.45) is 2.19. The van der Waals surface area contributed by atoms with Crippen LogP contribution in [-0.4, -0.2) is 50.5 Å². The predicted molar refractivity (Wildman–Crippen MR) is 121 cm³/mol. The first-order valence-electron chi connectivity index (χ1n) is 10.4. The largest absolute Gasteiger partial charge is 0.376 e. The highest BCUT2D eigenvalue weighted by molar-refractivity contribution is 7.99. The smallest absolute Gasteiger partial charge is 0.230 e. The minimum atomic E-state index is -0.0390. The molecule has 7 nitrogen and oxygen atoms in total. The fourth-order valence-corrected chi connectivity index (χ4v) is 4.53. The van der Waals surface area contributed by atoms with E-state index in [1.807, 2.05) is 28.7 Å². The Morgan fingerprint density at radius 3 is 2.84 bits per heavy atom. The van der Waals surface area contributed by atoms with E-state index in [1.54, 1.807) is 0 Å². The van der Waals surface area contributed by atoms with Gasteiger partial charge in [0.25, 0.3) is 0 Å². The van der Waals surface area contributed by atoms with Crippen molar-refractivity contribution in [3.63, 3.8) is 0 Å². The molecule has 31 heavy (non-hydrogen) atoms. The van der Waals surface area contributed by atoms with Crippen molar-refractivity contribution in [2.24, 2.45) is 0 Å². The summed E-state index contributed by atoms with van der Waals surface area (Å²) in [5.74, 6) is 0.983. The van der Waals surface area contributed by atoms with Crippen molar-refractivity contribution in [3.8, 4) is 11.4 Å². The topological polar surface area (TPSA) is 81.4 Å². The van der Waals surface area contributed by atoms with Gasteiger partial charge in [-0.15, -0.1) is 10.2 Å². The second-order valence-corrected chi connectivity index (χ2v) is 8.63. The molecule has 0 aliphatic carbocycles. The summed E-state index contributed by atoms with van der Waals surface area (Å²) >= 11 is 1.36. The maximum Gasteiger partial charge on any atom is 0.230 e. The van der Waals surface area contributed by atoms with E-state index in [0.29, 0.717) is 11.7 Å². The number of para-hydroxylation sites is 1. The SMILES string of the molecule is Cc1ccc(-c2nc3ccccc3c3nnc(SCC(=O)NCC4CCCO4)n23)cc1. The van der Waals surface area contributed by atoms with E-state index in [9.17, 15) is 4.79 Å². The predicted octanol–water partition coefficient (Wildman–Crippen LogP) is 3.64. The van der Waals surface area contributed by atoms with E-state index in [0.717, 1.165) is 47.4 Å². The molecule has 8 heteroatoms. The first-order valence-corrected chi connectivity index (χ1v) is 11.4. The summed E-state index contributed by atoms with van der Waals surface area (Å²) < 4.78 is 7.52. The molecule has 2 aromatic heterocycles. The average Bonchev–Trinajstić information content (AvgIpc) is 3.46. The Labute approximate surface area is 184 Å². The van der Waals surface area contributed by atoms with Crippen LogP contribution in [0.5, 0.6) is 0 Å². The fourth-order valence-electron chi connectivity index (χ4n) is 3.76. The van der Waals surface area contributed by atoms with E-state index in [4.69, 9.17) is 9.72 Å². The number of carbonyl (C=O) groups excluding carboxylic acids is 1. The lowest BCUT2D eigenvalue weighted by Gasteiger charge is -2.11. The minimum absolute atomic E-state index is 0.0390. The quantitative estimate of drug-likeness (QED) is 0.468. The van der Waals surface area contributed by atoms with Crippen molar-refractivity contribution >= 4 is 34.2 Å². The number of carbonyl (C=O) groups is 1. The summed E-state index contributed by atoms with van der Waals surface area (Å²) in [4.78, 5) is 17.3. The van der Waals surface area contributed by atoms with E-state index < -0.39 is 0 Å². The third kappa shape index (κ3) is 4.13. The number of ether oxygens (including phenoxy) is 1. The molecule has 1 fully saturated rings. The highest BCUT2D eigenvalue weighted by Crippen LogP contribution is 2.29. The highest BCUT2D eigenvalue weighted by Gasteiger charge is 2.19. The standard InChI is InChI=1S/C23H23N5O2S/c1-15-8-10-16(11-9-15)21-25-19-7-3-2-6-18(19)22-26-27-23(28(21)22)31-14-20(29)24-13-17-5-4-12-30-17/h2-3,6-11,17H,4-5,12-14H2,1H3,(H,24,29). The van der Waals surface area contributed by atoms with Gasteiger partial charge < -0.3 is 10.1 Å². The maximum absolute atomic E-state index is 12.4. The third-order valence-corrected chi connectivity index (χ3v) is 6.34. The van der Waals surface area contributed by atoms with Gasteiger partial charge in [0.05, 0.1) is 17.4 Å². The van der Waals surface area contributed by atoms with Gasteiger partial charge in [0, 0.05) is 24.1 Å². The van der Waals surface area contributed by atoms with Gasteiger partial charge in [-0.05, 0) is 31.9 Å². The van der Waals surface area contributed by atoms with Crippen LogP contribution in [0.3, 0.4) is 0 Å². The van der Waals surface area contributed by atoms with Crippen LogP contribution in [-0.2, 0) is 9.53 Å². The van der Waals surface area contributed by atoms with Crippen LogP contribution in [0.1, 0.15) is 18.4 Å². The van der Waals surface area contributed by atoms with Crippen molar-refractivity contribution in [1.82, 2.24) is 24.9 Å². The first kappa shape index (κ1) is 20.0. The van der Waals surface area contributed by atoms with Crippen molar-refractivity contribution in [1.29, 1.82) is 0 Å². The molecule has 2 aromatic carbocycles. The Balaban J connectivity index is 1.46. The third-order valence-electron chi connectivity index (χ3n) is 5.41.